The van der Waals surface area contributed by atoms with E-state index in [2.05, 4.69) is 10.3 Å². The molecule has 0 aliphatic carbocycles. The summed E-state index contributed by atoms with van der Waals surface area (Å²) in [6.45, 7) is 7.57. The molecule has 0 fully saturated rings. The summed E-state index contributed by atoms with van der Waals surface area (Å²) in [6.07, 6.45) is -0.0819. The monoisotopic (exact) mass is 532 g/mol. The quantitative estimate of drug-likeness (QED) is 0.412. The number of methoxy groups -OCH3 is 1. The molecule has 0 bridgehead atoms. The molecular weight excluding hydrogens is 496 g/mol. The molecule has 2 amide bonds. The first-order valence-electron chi connectivity index (χ1n) is 12.1. The van der Waals surface area contributed by atoms with E-state index >= 15 is 0 Å². The Hall–Kier alpha value is -3.93. The van der Waals surface area contributed by atoms with Crippen LogP contribution in [0.15, 0.2) is 46.1 Å². The molecule has 0 radical (unpaired) electrons. The Balaban J connectivity index is 2.29. The van der Waals surface area contributed by atoms with E-state index in [1.807, 2.05) is 30.3 Å². The average Bonchev–Trinajstić information content (AvgIpc) is 2.84. The maximum absolute atomic E-state index is 13.2. The lowest BCUT2D eigenvalue weighted by Gasteiger charge is -2.32. The number of aryl methyl sites for hydroxylation is 1. The van der Waals surface area contributed by atoms with Gasteiger partial charge in [-0.3, -0.25) is 23.9 Å². The van der Waals surface area contributed by atoms with Crippen molar-refractivity contribution in [2.75, 3.05) is 20.2 Å². The number of carbonyl (C=O) groups is 3. The molecule has 12 heteroatoms. The second-order valence-corrected chi connectivity index (χ2v) is 9.80. The predicted octanol–water partition coefficient (Wildman–Crippen LogP) is 1.35. The molecule has 2 N–H and O–H groups in total. The van der Waals surface area contributed by atoms with Gasteiger partial charge in [0.25, 0.3) is 5.56 Å². The highest BCUT2D eigenvalue weighted by atomic mass is 16.6. The van der Waals surface area contributed by atoms with Crippen molar-refractivity contribution in [1.82, 2.24) is 19.8 Å². The number of aromatic nitrogens is 2. The highest BCUT2D eigenvalue weighted by Crippen LogP contribution is 2.11. The number of nitrogens with one attached hydrogen (secondary N) is 2. The first kappa shape index (κ1) is 30.3. The Kier molecular flexibility index (Phi) is 10.8. The van der Waals surface area contributed by atoms with Crippen molar-refractivity contribution < 1.29 is 28.6 Å². The summed E-state index contributed by atoms with van der Waals surface area (Å²) in [5.74, 6) is -1.31. The number of aromatic amines is 1. The molecule has 38 heavy (non-hydrogen) atoms. The summed E-state index contributed by atoms with van der Waals surface area (Å²) in [5.41, 5.74) is -0.950. The van der Waals surface area contributed by atoms with Crippen molar-refractivity contribution >= 4 is 18.0 Å². The number of esters is 1. The molecule has 208 valence electrons. The fraction of sp³-hybridized carbons (Fsp3) is 0.500. The molecule has 2 unspecified atom stereocenters. The van der Waals surface area contributed by atoms with Gasteiger partial charge in [-0.2, -0.15) is 0 Å². The minimum Gasteiger partial charge on any atom is -0.468 e. The molecule has 0 spiro atoms. The summed E-state index contributed by atoms with van der Waals surface area (Å²) < 4.78 is 17.1. The van der Waals surface area contributed by atoms with Crippen molar-refractivity contribution in [3.8, 4) is 0 Å². The van der Waals surface area contributed by atoms with Crippen LogP contribution in [0.1, 0.15) is 38.8 Å². The number of nitrogens with zero attached hydrogens (tertiary/aromatic N) is 2. The third kappa shape index (κ3) is 9.85. The molecule has 0 aliphatic rings. The van der Waals surface area contributed by atoms with E-state index in [1.165, 1.54) is 20.2 Å². The van der Waals surface area contributed by atoms with Gasteiger partial charge in [-0.1, -0.05) is 30.3 Å². The molecule has 2 aromatic rings. The van der Waals surface area contributed by atoms with E-state index in [1.54, 1.807) is 27.7 Å². The number of hydrogen-bond acceptors (Lipinski definition) is 8. The van der Waals surface area contributed by atoms with Crippen LogP contribution in [-0.2, 0) is 37.0 Å². The minimum absolute atomic E-state index is 0.153. The van der Waals surface area contributed by atoms with Crippen LogP contribution in [0.2, 0.25) is 0 Å². The molecule has 1 aromatic carbocycles. The number of benzene rings is 1. The molecule has 0 aliphatic heterocycles. The standard InChI is InChI=1S/C26H36N4O8/c1-17-12-30(24(34)28-23(17)33)14-21(31)29(15-22(32)36-6)13-20(27-25(35)38-26(3,4)5)18(2)37-16-19-10-8-7-9-11-19/h7-12,18,20H,13-16H2,1-6H3,(H,27,35)(H,28,33,34). The van der Waals surface area contributed by atoms with Gasteiger partial charge in [-0.25, -0.2) is 9.59 Å². The van der Waals surface area contributed by atoms with Gasteiger partial charge in [0, 0.05) is 18.3 Å². The van der Waals surface area contributed by atoms with Crippen LogP contribution in [0.5, 0.6) is 0 Å². The third-order valence-electron chi connectivity index (χ3n) is 5.44. The third-order valence-corrected chi connectivity index (χ3v) is 5.44. The van der Waals surface area contributed by atoms with Gasteiger partial charge in [0.2, 0.25) is 5.91 Å². The Morgan fingerprint density at radius 3 is 2.39 bits per heavy atom. The molecule has 0 saturated heterocycles. The SMILES string of the molecule is COC(=O)CN(CC(NC(=O)OC(C)(C)C)C(C)OCc1ccccc1)C(=O)Cn1cc(C)c(=O)[nH]c1=O. The lowest BCUT2D eigenvalue weighted by atomic mass is 10.1. The van der Waals surface area contributed by atoms with Crippen LogP contribution in [0.3, 0.4) is 0 Å². The van der Waals surface area contributed by atoms with Crippen LogP contribution in [0.25, 0.3) is 0 Å². The van der Waals surface area contributed by atoms with E-state index in [4.69, 9.17) is 14.2 Å². The minimum atomic E-state index is -0.795. The van der Waals surface area contributed by atoms with E-state index in [0.29, 0.717) is 0 Å². The van der Waals surface area contributed by atoms with Gasteiger partial charge in [0.05, 0.1) is 25.9 Å². The number of H-pyrrole nitrogens is 1. The molecular formula is C26H36N4O8. The highest BCUT2D eigenvalue weighted by Gasteiger charge is 2.29. The number of hydrogen-bond donors (Lipinski definition) is 2. The maximum atomic E-state index is 13.2. The second kappa shape index (κ2) is 13.6. The summed E-state index contributed by atoms with van der Waals surface area (Å²) in [7, 11) is 1.18. The van der Waals surface area contributed by atoms with E-state index in [0.717, 1.165) is 15.0 Å². The molecule has 1 heterocycles. The summed E-state index contributed by atoms with van der Waals surface area (Å²) in [4.78, 5) is 65.2. The van der Waals surface area contributed by atoms with Gasteiger partial charge in [-0.15, -0.1) is 0 Å². The Bertz CT molecular complexity index is 1220. The van der Waals surface area contributed by atoms with E-state index in [-0.39, 0.29) is 18.7 Å². The first-order chi connectivity index (χ1) is 17.8. The van der Waals surface area contributed by atoms with Gasteiger partial charge >= 0.3 is 17.8 Å². The summed E-state index contributed by atoms with van der Waals surface area (Å²) in [6, 6.07) is 8.61. The number of carbonyl (C=O) groups excluding carboxylic acids is 3. The van der Waals surface area contributed by atoms with Crippen LogP contribution in [0.4, 0.5) is 4.79 Å². The zero-order chi connectivity index (χ0) is 28.5. The van der Waals surface area contributed by atoms with Crippen molar-refractivity contribution in [2.24, 2.45) is 0 Å². The largest absolute Gasteiger partial charge is 0.468 e. The highest BCUT2D eigenvalue weighted by molar-refractivity contribution is 5.82. The molecule has 12 nitrogen and oxygen atoms in total. The van der Waals surface area contributed by atoms with Crippen LogP contribution < -0.4 is 16.6 Å². The molecule has 2 rings (SSSR count). The van der Waals surface area contributed by atoms with Crippen molar-refractivity contribution in [2.45, 2.75) is 65.5 Å². The first-order valence-corrected chi connectivity index (χ1v) is 12.1. The lowest BCUT2D eigenvalue weighted by molar-refractivity contribution is -0.147. The van der Waals surface area contributed by atoms with Crippen molar-refractivity contribution in [3.63, 3.8) is 0 Å². The van der Waals surface area contributed by atoms with Crippen molar-refractivity contribution in [3.05, 3.63) is 68.5 Å². The van der Waals surface area contributed by atoms with Crippen LogP contribution in [0, 0.1) is 6.92 Å². The zero-order valence-corrected chi connectivity index (χ0v) is 22.6. The Labute approximate surface area is 220 Å². The van der Waals surface area contributed by atoms with Gasteiger partial charge < -0.3 is 24.4 Å². The Morgan fingerprint density at radius 2 is 1.79 bits per heavy atom. The van der Waals surface area contributed by atoms with E-state index < -0.39 is 60.1 Å². The average molecular weight is 533 g/mol. The van der Waals surface area contributed by atoms with E-state index in [9.17, 15) is 24.0 Å². The second-order valence-electron chi connectivity index (χ2n) is 9.80. The smallest absolute Gasteiger partial charge is 0.408 e. The number of rotatable bonds is 11. The number of amides is 2. The molecule has 0 saturated carbocycles. The Morgan fingerprint density at radius 1 is 1.13 bits per heavy atom. The summed E-state index contributed by atoms with van der Waals surface area (Å²) in [5, 5.41) is 2.73. The predicted molar refractivity (Wildman–Crippen MR) is 139 cm³/mol. The number of alkyl carbamates (subject to hydrolysis) is 1. The fourth-order valence-corrected chi connectivity index (χ4v) is 3.38. The summed E-state index contributed by atoms with van der Waals surface area (Å²) >= 11 is 0. The zero-order valence-electron chi connectivity index (χ0n) is 22.6. The molecule has 2 atom stereocenters. The normalized spacial score (nSPS) is 12.8. The fourth-order valence-electron chi connectivity index (χ4n) is 3.38. The van der Waals surface area contributed by atoms with Crippen LogP contribution >= 0.6 is 0 Å². The molecule has 1 aromatic heterocycles. The topological polar surface area (TPSA) is 149 Å². The van der Waals surface area contributed by atoms with Gasteiger partial charge in [0.1, 0.15) is 18.7 Å². The van der Waals surface area contributed by atoms with Gasteiger partial charge in [-0.05, 0) is 40.2 Å². The van der Waals surface area contributed by atoms with Crippen LogP contribution in [-0.4, -0.2) is 70.4 Å². The lowest BCUT2D eigenvalue weighted by Crippen LogP contribution is -2.54. The number of ether oxygens (including phenoxy) is 3. The van der Waals surface area contributed by atoms with Gasteiger partial charge in [0.15, 0.2) is 0 Å². The van der Waals surface area contributed by atoms with Crippen molar-refractivity contribution in [1.29, 1.82) is 0 Å². The maximum Gasteiger partial charge on any atom is 0.408 e.